The first-order valence-corrected chi connectivity index (χ1v) is 6.73. The number of pyridine rings is 1. The second kappa shape index (κ2) is 5.17. The topological polar surface area (TPSA) is 37.6 Å². The maximum Gasteiger partial charge on any atom is 0.205 e. The molecule has 4 nitrogen and oxygen atoms in total. The molecular formula is C14H16BrN3O. The molecule has 0 unspecified atom stereocenters. The number of rotatable bonds is 3. The summed E-state index contributed by atoms with van der Waals surface area (Å²) in [5, 5.41) is 0. The largest absolute Gasteiger partial charge is 0.383 e. The van der Waals surface area contributed by atoms with Crippen molar-refractivity contribution in [1.29, 1.82) is 0 Å². The number of carbonyl (C=O) groups excluding carboxylic acids is 1. The zero-order chi connectivity index (χ0) is 14.2. The summed E-state index contributed by atoms with van der Waals surface area (Å²) in [6, 6.07) is 2.02. The van der Waals surface area contributed by atoms with Crippen molar-refractivity contribution in [3.05, 3.63) is 46.0 Å². The van der Waals surface area contributed by atoms with E-state index in [4.69, 9.17) is 0 Å². The van der Waals surface area contributed by atoms with Crippen LogP contribution in [-0.4, -0.2) is 34.2 Å². The number of allylic oxidation sites excluding steroid dienone is 1. The fraction of sp³-hybridized carbons (Fsp3) is 0.286. The molecule has 0 fully saturated rings. The van der Waals surface area contributed by atoms with Crippen molar-refractivity contribution in [2.45, 2.75) is 13.8 Å². The van der Waals surface area contributed by atoms with E-state index >= 15 is 0 Å². The van der Waals surface area contributed by atoms with Gasteiger partial charge in [0.05, 0.1) is 10.7 Å². The number of halogens is 1. The van der Waals surface area contributed by atoms with Crippen molar-refractivity contribution in [1.82, 2.24) is 14.3 Å². The number of hydrogen-bond acceptors (Lipinski definition) is 3. The molecule has 0 bridgehead atoms. The van der Waals surface area contributed by atoms with Crippen molar-refractivity contribution in [3.8, 4) is 0 Å². The number of fused-ring (bicyclic) bond motifs is 1. The Morgan fingerprint density at radius 2 is 2.11 bits per heavy atom. The fourth-order valence-electron chi connectivity index (χ4n) is 1.87. The summed E-state index contributed by atoms with van der Waals surface area (Å²) < 4.78 is 2.79. The van der Waals surface area contributed by atoms with Gasteiger partial charge in [0.1, 0.15) is 5.69 Å². The first-order valence-electron chi connectivity index (χ1n) is 5.94. The molecule has 19 heavy (non-hydrogen) atoms. The lowest BCUT2D eigenvalue weighted by atomic mass is 10.2. The Morgan fingerprint density at radius 3 is 2.74 bits per heavy atom. The van der Waals surface area contributed by atoms with E-state index in [9.17, 15) is 4.79 Å². The highest BCUT2D eigenvalue weighted by molar-refractivity contribution is 9.10. The minimum atomic E-state index is -0.0539. The molecule has 0 atom stereocenters. The molecule has 2 rings (SSSR count). The van der Waals surface area contributed by atoms with E-state index in [0.29, 0.717) is 5.69 Å². The van der Waals surface area contributed by atoms with Gasteiger partial charge in [0.2, 0.25) is 5.78 Å². The Labute approximate surface area is 120 Å². The Hall–Kier alpha value is -1.62. The Bertz CT molecular complexity index is 671. The lowest BCUT2D eigenvalue weighted by molar-refractivity contribution is 0.104. The fourth-order valence-corrected chi connectivity index (χ4v) is 2.49. The lowest BCUT2D eigenvalue weighted by Gasteiger charge is -2.08. The summed E-state index contributed by atoms with van der Waals surface area (Å²) in [6.07, 6.45) is 4.91. The van der Waals surface area contributed by atoms with Crippen molar-refractivity contribution >= 4 is 27.4 Å². The van der Waals surface area contributed by atoms with Crippen molar-refractivity contribution in [3.63, 3.8) is 0 Å². The third-order valence-corrected chi connectivity index (χ3v) is 3.58. The van der Waals surface area contributed by atoms with Crippen LogP contribution in [0.2, 0.25) is 0 Å². The predicted molar refractivity (Wildman–Crippen MR) is 79.5 cm³/mol. The number of ketones is 1. The van der Waals surface area contributed by atoms with Gasteiger partial charge < -0.3 is 4.90 Å². The molecule has 0 radical (unpaired) electrons. The van der Waals surface area contributed by atoms with Crippen LogP contribution in [-0.2, 0) is 0 Å². The second-order valence-corrected chi connectivity index (χ2v) is 5.56. The van der Waals surface area contributed by atoms with Gasteiger partial charge in [-0.25, -0.2) is 4.98 Å². The minimum Gasteiger partial charge on any atom is -0.383 e. The van der Waals surface area contributed by atoms with Gasteiger partial charge in [-0.15, -0.1) is 0 Å². The Morgan fingerprint density at radius 1 is 1.42 bits per heavy atom. The number of aryl methyl sites for hydroxylation is 2. The van der Waals surface area contributed by atoms with E-state index < -0.39 is 0 Å². The average molecular weight is 322 g/mol. The van der Waals surface area contributed by atoms with Gasteiger partial charge in [-0.2, -0.15) is 0 Å². The third kappa shape index (κ3) is 2.56. The normalized spacial score (nSPS) is 11.4. The molecular weight excluding hydrogens is 306 g/mol. The van der Waals surface area contributed by atoms with Crippen LogP contribution in [0.25, 0.3) is 5.65 Å². The van der Waals surface area contributed by atoms with Gasteiger partial charge in [0, 0.05) is 32.1 Å². The molecule has 0 aliphatic rings. The van der Waals surface area contributed by atoms with Crippen LogP contribution < -0.4 is 0 Å². The van der Waals surface area contributed by atoms with Crippen molar-refractivity contribution < 1.29 is 4.79 Å². The van der Waals surface area contributed by atoms with E-state index in [0.717, 1.165) is 21.4 Å². The summed E-state index contributed by atoms with van der Waals surface area (Å²) in [5.74, 6) is -0.0539. The monoisotopic (exact) mass is 321 g/mol. The second-order valence-electron chi connectivity index (χ2n) is 4.71. The number of imidazole rings is 1. The summed E-state index contributed by atoms with van der Waals surface area (Å²) in [5.41, 5.74) is 3.49. The van der Waals surface area contributed by atoms with E-state index in [-0.39, 0.29) is 5.78 Å². The molecule has 0 saturated carbocycles. The lowest BCUT2D eigenvalue weighted by Crippen LogP contribution is -2.07. The first-order chi connectivity index (χ1) is 8.91. The maximum absolute atomic E-state index is 12.2. The molecule has 0 spiro atoms. The first kappa shape index (κ1) is 13.8. The number of hydrogen-bond donors (Lipinski definition) is 0. The van der Waals surface area contributed by atoms with Crippen LogP contribution >= 0.6 is 15.9 Å². The molecule has 0 aromatic carbocycles. The molecule has 100 valence electrons. The van der Waals surface area contributed by atoms with Crippen LogP contribution in [0, 0.1) is 13.8 Å². The highest BCUT2D eigenvalue weighted by Crippen LogP contribution is 2.23. The maximum atomic E-state index is 12.2. The molecule has 2 heterocycles. The SMILES string of the molecule is Cc1cc(Br)c2ncc(C(=O)C=CN(C)C)n2c1C. The van der Waals surface area contributed by atoms with Gasteiger partial charge in [-0.3, -0.25) is 9.20 Å². The predicted octanol–water partition coefficient (Wildman–Crippen LogP) is 2.97. The molecule has 0 saturated heterocycles. The van der Waals surface area contributed by atoms with E-state index in [1.165, 1.54) is 0 Å². The molecule has 5 heteroatoms. The number of aromatic nitrogens is 2. The summed E-state index contributed by atoms with van der Waals surface area (Å²) in [6.45, 7) is 4.01. The van der Waals surface area contributed by atoms with Gasteiger partial charge in [0.25, 0.3) is 0 Å². The molecule has 2 aromatic rings. The molecule has 0 amide bonds. The Kier molecular flexibility index (Phi) is 3.75. The summed E-state index contributed by atoms with van der Waals surface area (Å²) >= 11 is 3.49. The van der Waals surface area contributed by atoms with Gasteiger partial charge in [0.15, 0.2) is 5.65 Å². The number of carbonyl (C=O) groups is 1. The molecule has 0 aliphatic carbocycles. The zero-order valence-electron chi connectivity index (χ0n) is 11.4. The van der Waals surface area contributed by atoms with Gasteiger partial charge in [-0.1, -0.05) is 0 Å². The van der Waals surface area contributed by atoms with E-state index in [1.807, 2.05) is 43.3 Å². The van der Waals surface area contributed by atoms with Crippen LogP contribution in [0.15, 0.2) is 29.0 Å². The highest BCUT2D eigenvalue weighted by atomic mass is 79.9. The highest BCUT2D eigenvalue weighted by Gasteiger charge is 2.14. The quantitative estimate of drug-likeness (QED) is 0.644. The minimum absolute atomic E-state index is 0.0539. The summed E-state index contributed by atoms with van der Waals surface area (Å²) in [7, 11) is 3.76. The summed E-state index contributed by atoms with van der Waals surface area (Å²) in [4.78, 5) is 18.4. The van der Waals surface area contributed by atoms with Gasteiger partial charge in [-0.05, 0) is 41.4 Å². The third-order valence-electron chi connectivity index (χ3n) is 3.00. The standard InChI is InChI=1S/C14H16BrN3O/c1-9-7-11(15)14-16-8-12(18(14)10(9)2)13(19)5-6-17(3)4/h5-8H,1-4H3. The molecule has 0 aliphatic heterocycles. The zero-order valence-corrected chi connectivity index (χ0v) is 13.0. The van der Waals surface area contributed by atoms with E-state index in [2.05, 4.69) is 20.9 Å². The average Bonchev–Trinajstić information content (AvgIpc) is 2.78. The van der Waals surface area contributed by atoms with Crippen LogP contribution in [0.5, 0.6) is 0 Å². The Balaban J connectivity index is 2.60. The van der Waals surface area contributed by atoms with E-state index in [1.54, 1.807) is 18.5 Å². The molecule has 0 N–H and O–H groups in total. The van der Waals surface area contributed by atoms with Crippen LogP contribution in [0.3, 0.4) is 0 Å². The number of nitrogens with zero attached hydrogens (tertiary/aromatic N) is 3. The van der Waals surface area contributed by atoms with Crippen molar-refractivity contribution in [2.75, 3.05) is 14.1 Å². The smallest absolute Gasteiger partial charge is 0.205 e. The van der Waals surface area contributed by atoms with Crippen molar-refractivity contribution in [2.24, 2.45) is 0 Å². The van der Waals surface area contributed by atoms with Crippen LogP contribution in [0.4, 0.5) is 0 Å². The van der Waals surface area contributed by atoms with Gasteiger partial charge >= 0.3 is 0 Å². The van der Waals surface area contributed by atoms with Crippen LogP contribution in [0.1, 0.15) is 21.7 Å². The molecule has 2 aromatic heterocycles.